The first kappa shape index (κ1) is 9.80. The summed E-state index contributed by atoms with van der Waals surface area (Å²) in [5.74, 6) is -0.247. The summed E-state index contributed by atoms with van der Waals surface area (Å²) >= 11 is 0. The van der Waals surface area contributed by atoms with Gasteiger partial charge in [0.05, 0.1) is 18.3 Å². The summed E-state index contributed by atoms with van der Waals surface area (Å²) in [5, 5.41) is 18.2. The van der Waals surface area contributed by atoms with Crippen LogP contribution in [0.15, 0.2) is 17.1 Å². The van der Waals surface area contributed by atoms with Crippen molar-refractivity contribution < 1.29 is 10.2 Å². The lowest BCUT2D eigenvalue weighted by Gasteiger charge is -2.16. The Balaban J connectivity index is 3.26. The molecule has 0 fully saturated rings. The third-order valence-corrected chi connectivity index (χ3v) is 2.09. The summed E-state index contributed by atoms with van der Waals surface area (Å²) in [6.45, 7) is 3.42. The molecule has 1 rings (SSSR count). The molecule has 0 spiro atoms. The minimum atomic E-state index is -0.390. The molecule has 1 atom stereocenters. The van der Waals surface area contributed by atoms with Gasteiger partial charge < -0.3 is 14.8 Å². The fraction of sp³-hybridized carbons (Fsp3) is 0.444. The Bertz CT molecular complexity index is 356. The number of aromatic hydroxyl groups is 1. The second-order valence-electron chi connectivity index (χ2n) is 3.05. The first-order chi connectivity index (χ1) is 6.07. The number of rotatable bonds is 2. The number of hydrogen-bond acceptors (Lipinski definition) is 3. The van der Waals surface area contributed by atoms with Crippen LogP contribution in [0.4, 0.5) is 0 Å². The molecule has 0 radical (unpaired) electrons. The van der Waals surface area contributed by atoms with Crippen LogP contribution in [0.2, 0.25) is 0 Å². The second-order valence-corrected chi connectivity index (χ2v) is 3.05. The Hall–Kier alpha value is -1.29. The van der Waals surface area contributed by atoms with E-state index >= 15 is 0 Å². The predicted octanol–water partition coefficient (Wildman–Crippen LogP) is 0.416. The molecule has 0 saturated heterocycles. The van der Waals surface area contributed by atoms with Crippen LogP contribution >= 0.6 is 0 Å². The van der Waals surface area contributed by atoms with E-state index in [2.05, 4.69) is 0 Å². The molecule has 0 amide bonds. The van der Waals surface area contributed by atoms with Crippen molar-refractivity contribution in [2.75, 3.05) is 6.61 Å². The van der Waals surface area contributed by atoms with Crippen LogP contribution in [0.25, 0.3) is 0 Å². The third-order valence-electron chi connectivity index (χ3n) is 2.09. The zero-order valence-electron chi connectivity index (χ0n) is 7.69. The van der Waals surface area contributed by atoms with Crippen molar-refractivity contribution in [3.05, 3.63) is 28.2 Å². The monoisotopic (exact) mass is 183 g/mol. The van der Waals surface area contributed by atoms with E-state index < -0.39 is 0 Å². The maximum Gasteiger partial charge on any atom is 0.223 e. The Morgan fingerprint density at radius 1 is 1.62 bits per heavy atom. The van der Waals surface area contributed by atoms with Crippen LogP contribution in [0.1, 0.15) is 18.7 Å². The first-order valence-electron chi connectivity index (χ1n) is 4.09. The van der Waals surface area contributed by atoms with E-state index in [0.717, 1.165) is 0 Å². The molecule has 0 aliphatic heterocycles. The van der Waals surface area contributed by atoms with Gasteiger partial charge in [-0.05, 0) is 13.8 Å². The van der Waals surface area contributed by atoms with Gasteiger partial charge in [0.25, 0.3) is 0 Å². The van der Waals surface area contributed by atoms with Crippen molar-refractivity contribution in [2.45, 2.75) is 19.9 Å². The lowest BCUT2D eigenvalue weighted by atomic mass is 10.2. The van der Waals surface area contributed by atoms with Gasteiger partial charge in [-0.1, -0.05) is 0 Å². The topological polar surface area (TPSA) is 62.5 Å². The smallest absolute Gasteiger partial charge is 0.223 e. The Morgan fingerprint density at radius 3 is 2.77 bits per heavy atom. The highest BCUT2D eigenvalue weighted by Crippen LogP contribution is 2.14. The molecule has 1 aromatic heterocycles. The molecule has 13 heavy (non-hydrogen) atoms. The molecular formula is C9H13NO3. The predicted molar refractivity (Wildman–Crippen MR) is 48.9 cm³/mol. The lowest BCUT2D eigenvalue weighted by molar-refractivity contribution is 0.235. The van der Waals surface area contributed by atoms with Crippen LogP contribution < -0.4 is 5.43 Å². The zero-order chi connectivity index (χ0) is 10.0. The van der Waals surface area contributed by atoms with E-state index in [1.165, 1.54) is 6.07 Å². The van der Waals surface area contributed by atoms with Gasteiger partial charge in [-0.2, -0.15) is 0 Å². The zero-order valence-corrected chi connectivity index (χ0v) is 7.69. The van der Waals surface area contributed by atoms with E-state index in [-0.39, 0.29) is 23.8 Å². The first-order valence-corrected chi connectivity index (χ1v) is 4.09. The molecule has 2 N–H and O–H groups in total. The number of nitrogens with zero attached hydrogens (tertiary/aromatic N) is 1. The van der Waals surface area contributed by atoms with E-state index in [1.54, 1.807) is 24.6 Å². The molecule has 1 heterocycles. The minimum Gasteiger partial charge on any atom is -0.503 e. The van der Waals surface area contributed by atoms with Crippen LogP contribution in [0, 0.1) is 6.92 Å². The van der Waals surface area contributed by atoms with Crippen molar-refractivity contribution in [3.8, 4) is 5.75 Å². The number of hydrogen-bond donors (Lipinski definition) is 2. The highest BCUT2D eigenvalue weighted by Gasteiger charge is 2.09. The fourth-order valence-corrected chi connectivity index (χ4v) is 1.20. The summed E-state index contributed by atoms with van der Waals surface area (Å²) in [6, 6.07) is 1.15. The van der Waals surface area contributed by atoms with Crippen molar-refractivity contribution >= 4 is 0 Å². The highest BCUT2D eigenvalue weighted by molar-refractivity contribution is 5.25. The highest BCUT2D eigenvalue weighted by atomic mass is 16.3. The quantitative estimate of drug-likeness (QED) is 0.698. The average molecular weight is 183 g/mol. The molecule has 0 aliphatic rings. The van der Waals surface area contributed by atoms with E-state index in [4.69, 9.17) is 5.11 Å². The van der Waals surface area contributed by atoms with Crippen LogP contribution in [0.5, 0.6) is 5.75 Å². The summed E-state index contributed by atoms with van der Waals surface area (Å²) < 4.78 is 1.66. The van der Waals surface area contributed by atoms with Crippen molar-refractivity contribution in [1.82, 2.24) is 4.57 Å². The van der Waals surface area contributed by atoms with Crippen LogP contribution in [-0.4, -0.2) is 21.4 Å². The Labute approximate surface area is 76.1 Å². The number of aliphatic hydroxyl groups is 1. The molecular weight excluding hydrogens is 170 g/mol. The maximum absolute atomic E-state index is 11.0. The largest absolute Gasteiger partial charge is 0.503 e. The molecule has 0 aromatic carbocycles. The molecule has 0 unspecified atom stereocenters. The normalized spacial score (nSPS) is 12.8. The van der Waals surface area contributed by atoms with Gasteiger partial charge in [-0.15, -0.1) is 0 Å². The van der Waals surface area contributed by atoms with Crippen molar-refractivity contribution in [2.24, 2.45) is 0 Å². The summed E-state index contributed by atoms with van der Waals surface area (Å²) in [5.41, 5.74) is 0.0907. The van der Waals surface area contributed by atoms with Gasteiger partial charge >= 0.3 is 0 Å². The summed E-state index contributed by atoms with van der Waals surface area (Å²) in [6.07, 6.45) is 1.57. The third kappa shape index (κ3) is 1.72. The fourth-order valence-electron chi connectivity index (χ4n) is 1.20. The minimum absolute atomic E-state index is 0.0247. The van der Waals surface area contributed by atoms with E-state index in [0.29, 0.717) is 5.69 Å². The van der Waals surface area contributed by atoms with Crippen LogP contribution in [-0.2, 0) is 0 Å². The van der Waals surface area contributed by atoms with E-state index in [1.807, 2.05) is 0 Å². The molecule has 1 aromatic rings. The Kier molecular flexibility index (Phi) is 2.72. The lowest BCUT2D eigenvalue weighted by Crippen LogP contribution is -2.15. The average Bonchev–Trinajstić information content (AvgIpc) is 2.13. The van der Waals surface area contributed by atoms with Crippen molar-refractivity contribution in [1.29, 1.82) is 0 Å². The number of aromatic nitrogens is 1. The van der Waals surface area contributed by atoms with E-state index in [9.17, 15) is 9.90 Å². The van der Waals surface area contributed by atoms with Gasteiger partial charge in [0.15, 0.2) is 5.75 Å². The van der Waals surface area contributed by atoms with Gasteiger partial charge in [0.1, 0.15) is 0 Å². The van der Waals surface area contributed by atoms with Gasteiger partial charge in [-0.3, -0.25) is 4.79 Å². The molecule has 0 bridgehead atoms. The molecule has 4 nitrogen and oxygen atoms in total. The number of aliphatic hydroxyl groups excluding tert-OH is 1. The van der Waals surface area contributed by atoms with Gasteiger partial charge in [-0.25, -0.2) is 0 Å². The van der Waals surface area contributed by atoms with Gasteiger partial charge in [0, 0.05) is 12.3 Å². The summed E-state index contributed by atoms with van der Waals surface area (Å²) in [4.78, 5) is 11.0. The van der Waals surface area contributed by atoms with Crippen molar-refractivity contribution in [3.63, 3.8) is 0 Å². The maximum atomic E-state index is 11.0. The van der Waals surface area contributed by atoms with Crippen LogP contribution in [0.3, 0.4) is 0 Å². The second kappa shape index (κ2) is 3.62. The molecule has 72 valence electrons. The van der Waals surface area contributed by atoms with Gasteiger partial charge in [0.2, 0.25) is 5.43 Å². The Morgan fingerprint density at radius 2 is 2.23 bits per heavy atom. The molecule has 0 aliphatic carbocycles. The number of pyridine rings is 1. The standard InChI is InChI=1S/C9H13NO3/c1-6(5-11)10-4-3-8(12)9(13)7(10)2/h3-4,6,11,13H,5H2,1-2H3/t6-/m0/s1. The summed E-state index contributed by atoms with van der Waals surface area (Å²) in [7, 11) is 0. The molecule has 4 heteroatoms. The molecule has 0 saturated carbocycles. The SMILES string of the molecule is Cc1c(O)c(=O)ccn1[C@@H](C)CO.